The molecule has 2 atom stereocenters. The van der Waals surface area contributed by atoms with Crippen molar-refractivity contribution >= 4 is 0 Å². The van der Waals surface area contributed by atoms with Gasteiger partial charge in [0.05, 0.1) is 0 Å². The third-order valence-corrected chi connectivity index (χ3v) is 3.10. The van der Waals surface area contributed by atoms with E-state index in [0.29, 0.717) is 5.75 Å². The molecule has 120 valence electrons. The molecule has 0 radical (unpaired) electrons. The van der Waals surface area contributed by atoms with E-state index in [-0.39, 0.29) is 12.1 Å². The molecule has 0 saturated heterocycles. The third-order valence-electron chi connectivity index (χ3n) is 3.10. The summed E-state index contributed by atoms with van der Waals surface area (Å²) in [4.78, 5) is 0. The summed E-state index contributed by atoms with van der Waals surface area (Å²) in [5.41, 5.74) is 10.2. The van der Waals surface area contributed by atoms with Gasteiger partial charge in [-0.3, -0.25) is 0 Å². The Kier molecular flexibility index (Phi) is 8.22. The van der Waals surface area contributed by atoms with Gasteiger partial charge in [-0.2, -0.15) is 0 Å². The number of rotatable bonds is 5. The lowest BCUT2D eigenvalue weighted by Gasteiger charge is -2.07. The van der Waals surface area contributed by atoms with Crippen LogP contribution in [0.15, 0.2) is 54.6 Å². The zero-order valence-electron chi connectivity index (χ0n) is 13.2. The van der Waals surface area contributed by atoms with Crippen LogP contribution in [0.4, 0.5) is 0 Å². The molecule has 2 unspecified atom stereocenters. The summed E-state index contributed by atoms with van der Waals surface area (Å²) >= 11 is 0. The highest BCUT2D eigenvalue weighted by atomic mass is 16.5. The first-order chi connectivity index (χ1) is 10.5. The van der Waals surface area contributed by atoms with Crippen molar-refractivity contribution < 1.29 is 10.3 Å². The molecule has 0 aliphatic heterocycles. The van der Waals surface area contributed by atoms with E-state index in [0.717, 1.165) is 18.4 Å². The molecule has 0 spiro atoms. The molecule has 0 saturated carbocycles. The fraction of sp³-hybridized carbons (Fsp3) is 0.333. The number of nitrogens with one attached hydrogen (secondary N) is 1. The van der Waals surface area contributed by atoms with E-state index >= 15 is 0 Å². The summed E-state index contributed by atoms with van der Waals surface area (Å²) in [6.07, 6.45) is 1.72. The van der Waals surface area contributed by atoms with Gasteiger partial charge in [-0.1, -0.05) is 42.5 Å². The lowest BCUT2D eigenvalue weighted by molar-refractivity contribution is 0.133. The SMILES string of the molecule is CC(Cc1ccccc1)NO.CC(N)Cc1ccc(O)cc1. The molecule has 0 aliphatic carbocycles. The molecule has 0 aromatic heterocycles. The second-order valence-electron chi connectivity index (χ2n) is 5.57. The molecule has 2 aromatic carbocycles. The standard InChI is InChI=1S/2C9H13NO/c1-7(10)6-8-2-4-9(11)5-3-8;1-8(10-11)7-9-5-3-2-4-6-9/h2-5,7,11H,6,10H2,1H3;2-6,8,10-11H,7H2,1H3. The molecule has 5 N–H and O–H groups in total. The Morgan fingerprint density at radius 2 is 1.45 bits per heavy atom. The van der Waals surface area contributed by atoms with Gasteiger partial charge in [-0.05, 0) is 49.9 Å². The van der Waals surface area contributed by atoms with E-state index in [4.69, 9.17) is 16.0 Å². The number of hydrogen-bond donors (Lipinski definition) is 4. The predicted octanol–water partition coefficient (Wildman–Crippen LogP) is 2.88. The van der Waals surface area contributed by atoms with Gasteiger partial charge in [0.1, 0.15) is 5.75 Å². The van der Waals surface area contributed by atoms with Crippen LogP contribution in [0.25, 0.3) is 0 Å². The van der Waals surface area contributed by atoms with E-state index in [1.165, 1.54) is 5.56 Å². The van der Waals surface area contributed by atoms with E-state index in [2.05, 4.69) is 5.48 Å². The van der Waals surface area contributed by atoms with Gasteiger partial charge in [0.15, 0.2) is 0 Å². The summed E-state index contributed by atoms with van der Waals surface area (Å²) in [6.45, 7) is 3.90. The fourth-order valence-electron chi connectivity index (χ4n) is 2.02. The molecule has 2 aromatic rings. The van der Waals surface area contributed by atoms with E-state index in [1.807, 2.05) is 56.3 Å². The number of phenolic OH excluding ortho intramolecular Hbond substituents is 1. The molecular weight excluding hydrogens is 276 g/mol. The first-order valence-electron chi connectivity index (χ1n) is 7.48. The molecule has 0 heterocycles. The molecule has 0 bridgehead atoms. The van der Waals surface area contributed by atoms with Gasteiger partial charge in [0.2, 0.25) is 0 Å². The first kappa shape index (κ1) is 18.2. The monoisotopic (exact) mass is 302 g/mol. The summed E-state index contributed by atoms with van der Waals surface area (Å²) < 4.78 is 0. The summed E-state index contributed by atoms with van der Waals surface area (Å²) in [5.74, 6) is 0.304. The van der Waals surface area contributed by atoms with Crippen LogP contribution in [0.1, 0.15) is 25.0 Å². The van der Waals surface area contributed by atoms with Crippen molar-refractivity contribution in [3.8, 4) is 5.75 Å². The normalized spacial score (nSPS) is 12.9. The number of hydroxylamine groups is 1. The third kappa shape index (κ3) is 7.78. The van der Waals surface area contributed by atoms with E-state index < -0.39 is 0 Å². The summed E-state index contributed by atoms with van der Waals surface area (Å²) in [5, 5.41) is 17.5. The zero-order valence-corrected chi connectivity index (χ0v) is 13.2. The van der Waals surface area contributed by atoms with Crippen molar-refractivity contribution in [2.75, 3.05) is 0 Å². The minimum Gasteiger partial charge on any atom is -0.508 e. The zero-order chi connectivity index (χ0) is 16.4. The van der Waals surface area contributed by atoms with Crippen molar-refractivity contribution in [1.29, 1.82) is 0 Å². The highest BCUT2D eigenvalue weighted by molar-refractivity contribution is 5.26. The second-order valence-corrected chi connectivity index (χ2v) is 5.57. The highest BCUT2D eigenvalue weighted by Crippen LogP contribution is 2.10. The maximum Gasteiger partial charge on any atom is 0.115 e. The smallest absolute Gasteiger partial charge is 0.115 e. The maximum atomic E-state index is 8.96. The van der Waals surface area contributed by atoms with Crippen LogP contribution >= 0.6 is 0 Å². The van der Waals surface area contributed by atoms with Crippen LogP contribution in [0.5, 0.6) is 5.75 Å². The molecule has 2 rings (SSSR count). The Balaban J connectivity index is 0.000000220. The number of hydrogen-bond acceptors (Lipinski definition) is 4. The minimum absolute atomic E-state index is 0.123. The topological polar surface area (TPSA) is 78.5 Å². The molecule has 4 heteroatoms. The van der Waals surface area contributed by atoms with Gasteiger partial charge < -0.3 is 16.0 Å². The number of aromatic hydroxyl groups is 1. The Labute approximate surface area is 132 Å². The molecular formula is C18H26N2O2. The minimum atomic E-state index is 0.123. The number of benzene rings is 2. The van der Waals surface area contributed by atoms with Gasteiger partial charge in [0, 0.05) is 12.1 Å². The Hall–Kier alpha value is -1.88. The summed E-state index contributed by atoms with van der Waals surface area (Å²) in [7, 11) is 0. The Morgan fingerprint density at radius 1 is 0.909 bits per heavy atom. The second kappa shape index (κ2) is 9.95. The number of phenols is 1. The van der Waals surface area contributed by atoms with Crippen molar-refractivity contribution in [3.05, 3.63) is 65.7 Å². The Bertz CT molecular complexity index is 512. The van der Waals surface area contributed by atoms with Crippen LogP contribution in [-0.4, -0.2) is 22.4 Å². The molecule has 0 aliphatic rings. The molecule has 0 fully saturated rings. The van der Waals surface area contributed by atoms with Gasteiger partial charge in [0.25, 0.3) is 0 Å². The van der Waals surface area contributed by atoms with Crippen LogP contribution in [0, 0.1) is 0 Å². The largest absolute Gasteiger partial charge is 0.508 e. The maximum absolute atomic E-state index is 8.96. The van der Waals surface area contributed by atoms with E-state index in [1.54, 1.807) is 12.1 Å². The Morgan fingerprint density at radius 3 is 1.95 bits per heavy atom. The van der Waals surface area contributed by atoms with E-state index in [9.17, 15) is 0 Å². The van der Waals surface area contributed by atoms with Crippen LogP contribution in [-0.2, 0) is 12.8 Å². The van der Waals surface area contributed by atoms with Crippen molar-refractivity contribution in [3.63, 3.8) is 0 Å². The average Bonchev–Trinajstić information content (AvgIpc) is 2.51. The fourth-order valence-corrected chi connectivity index (χ4v) is 2.02. The lowest BCUT2D eigenvalue weighted by Crippen LogP contribution is -2.24. The van der Waals surface area contributed by atoms with Gasteiger partial charge in [-0.15, -0.1) is 0 Å². The average molecular weight is 302 g/mol. The number of nitrogens with two attached hydrogens (primary N) is 1. The first-order valence-corrected chi connectivity index (χ1v) is 7.48. The summed E-state index contributed by atoms with van der Waals surface area (Å²) in [6, 6.07) is 17.5. The highest BCUT2D eigenvalue weighted by Gasteiger charge is 1.99. The van der Waals surface area contributed by atoms with Crippen molar-refractivity contribution in [1.82, 2.24) is 5.48 Å². The van der Waals surface area contributed by atoms with Crippen molar-refractivity contribution in [2.45, 2.75) is 38.8 Å². The predicted molar refractivity (Wildman–Crippen MR) is 90.0 cm³/mol. The van der Waals surface area contributed by atoms with Gasteiger partial charge in [-0.25, -0.2) is 5.48 Å². The van der Waals surface area contributed by atoms with Gasteiger partial charge >= 0.3 is 0 Å². The van der Waals surface area contributed by atoms with Crippen molar-refractivity contribution in [2.24, 2.45) is 5.73 Å². The van der Waals surface area contributed by atoms with Crippen LogP contribution in [0.2, 0.25) is 0 Å². The van der Waals surface area contributed by atoms with Crippen LogP contribution < -0.4 is 11.2 Å². The van der Waals surface area contributed by atoms with Crippen LogP contribution in [0.3, 0.4) is 0 Å². The molecule has 22 heavy (non-hydrogen) atoms. The molecule has 0 amide bonds. The lowest BCUT2D eigenvalue weighted by atomic mass is 10.1. The quantitative estimate of drug-likeness (QED) is 0.640. The molecule has 4 nitrogen and oxygen atoms in total.